The zero-order chi connectivity index (χ0) is 32.4. The summed E-state index contributed by atoms with van der Waals surface area (Å²) in [5, 5.41) is 0. The Labute approximate surface area is 291 Å². The smallest absolute Gasteiger partial charge is 0.0465 e. The highest BCUT2D eigenvalue weighted by Gasteiger charge is 2.35. The number of anilines is 3. The molecule has 0 aliphatic heterocycles. The number of nitrogens with zero attached hydrogens (tertiary/aromatic N) is 1. The third kappa shape index (κ3) is 4.74. The maximum absolute atomic E-state index is 3.68. The van der Waals surface area contributed by atoms with Gasteiger partial charge in [-0.3, -0.25) is 0 Å². The van der Waals surface area contributed by atoms with E-state index in [1.807, 2.05) is 0 Å². The average Bonchev–Trinajstić information content (AvgIpc) is 3.60. The number of fused-ring (bicyclic) bond motifs is 6. The quantitative estimate of drug-likeness (QED) is 0.175. The molecule has 0 heterocycles. The van der Waals surface area contributed by atoms with E-state index < -0.39 is 0 Å². The van der Waals surface area contributed by atoms with Gasteiger partial charge in [-0.15, -0.1) is 0 Å². The van der Waals surface area contributed by atoms with Gasteiger partial charge in [0.1, 0.15) is 0 Å². The Hall–Kier alpha value is -5.18. The number of hydrogen-bond donors (Lipinski definition) is 0. The second-order valence-corrected chi connectivity index (χ2v) is 14.5. The van der Waals surface area contributed by atoms with Crippen molar-refractivity contribution in [2.75, 3.05) is 4.90 Å². The largest absolute Gasteiger partial charge is 0.310 e. The van der Waals surface area contributed by atoms with E-state index in [-0.39, 0.29) is 5.41 Å². The first-order valence-corrected chi connectivity index (χ1v) is 17.5. The van der Waals surface area contributed by atoms with Crippen molar-refractivity contribution in [3.8, 4) is 44.5 Å². The summed E-state index contributed by atoms with van der Waals surface area (Å²) in [4.78, 5) is 2.40. The molecule has 0 saturated heterocycles. The van der Waals surface area contributed by atoms with Crippen LogP contribution in [0.2, 0.25) is 0 Å². The van der Waals surface area contributed by atoms with E-state index in [2.05, 4.69) is 192 Å². The van der Waals surface area contributed by atoms with Crippen LogP contribution in [-0.4, -0.2) is 0 Å². The molecule has 0 fully saturated rings. The van der Waals surface area contributed by atoms with Crippen molar-refractivity contribution in [2.45, 2.75) is 25.7 Å². The second-order valence-electron chi connectivity index (χ2n) is 13.5. The van der Waals surface area contributed by atoms with E-state index in [4.69, 9.17) is 0 Å². The molecule has 2 aliphatic carbocycles. The van der Waals surface area contributed by atoms with Crippen molar-refractivity contribution in [2.24, 2.45) is 0 Å². The molecule has 2 aliphatic rings. The van der Waals surface area contributed by atoms with Gasteiger partial charge in [0.05, 0.1) is 0 Å². The highest BCUT2D eigenvalue weighted by Crippen LogP contribution is 2.50. The third-order valence-corrected chi connectivity index (χ3v) is 10.9. The maximum Gasteiger partial charge on any atom is 0.0465 e. The van der Waals surface area contributed by atoms with Gasteiger partial charge in [-0.25, -0.2) is 0 Å². The first-order valence-electron chi connectivity index (χ1n) is 16.7. The Morgan fingerprint density at radius 2 is 0.979 bits per heavy atom. The molecular weight excluding hydrogens is 646 g/mol. The van der Waals surface area contributed by atoms with Gasteiger partial charge < -0.3 is 4.90 Å². The Bertz CT molecular complexity index is 2330. The van der Waals surface area contributed by atoms with Crippen LogP contribution in [0.1, 0.15) is 36.1 Å². The number of benzene rings is 7. The standard InChI is InChI=1S/C46H34BrN/c1-46(2)44-11-7-6-10-40(44)41-25-24-39(29-45(41)46)48(37-20-15-31(16-21-37)30-8-4-3-5-9-30)38-22-17-32(18-23-38)33-12-13-34-26-35-14-19-36(47)28-43(35)42(34)27-33/h3-25,27-29H,26H2,1-2H3. The van der Waals surface area contributed by atoms with Crippen molar-refractivity contribution in [3.63, 3.8) is 0 Å². The van der Waals surface area contributed by atoms with Crippen LogP contribution >= 0.6 is 15.9 Å². The van der Waals surface area contributed by atoms with Gasteiger partial charge in [0, 0.05) is 26.9 Å². The lowest BCUT2D eigenvalue weighted by Gasteiger charge is -2.28. The summed E-state index contributed by atoms with van der Waals surface area (Å²) in [7, 11) is 0. The fraction of sp³-hybridized carbons (Fsp3) is 0.0870. The number of rotatable bonds is 5. The molecule has 0 aromatic heterocycles. The lowest BCUT2D eigenvalue weighted by molar-refractivity contribution is 0.660. The Morgan fingerprint density at radius 3 is 1.71 bits per heavy atom. The molecule has 0 N–H and O–H groups in total. The molecule has 1 nitrogen and oxygen atoms in total. The van der Waals surface area contributed by atoms with Crippen LogP contribution in [0.4, 0.5) is 17.1 Å². The second kappa shape index (κ2) is 11.2. The minimum atomic E-state index is -0.0730. The normalized spacial score (nSPS) is 13.4. The molecule has 0 saturated carbocycles. The Morgan fingerprint density at radius 1 is 0.438 bits per heavy atom. The minimum absolute atomic E-state index is 0.0730. The van der Waals surface area contributed by atoms with Crippen LogP contribution in [0.3, 0.4) is 0 Å². The zero-order valence-electron chi connectivity index (χ0n) is 27.0. The summed E-state index contributed by atoms with van der Waals surface area (Å²) in [6.07, 6.45) is 0.998. The van der Waals surface area contributed by atoms with Crippen molar-refractivity contribution in [1.82, 2.24) is 0 Å². The number of hydrogen-bond acceptors (Lipinski definition) is 1. The molecule has 7 aromatic rings. The molecule has 230 valence electrons. The zero-order valence-corrected chi connectivity index (χ0v) is 28.6. The fourth-order valence-corrected chi connectivity index (χ4v) is 8.20. The van der Waals surface area contributed by atoms with E-state index >= 15 is 0 Å². The van der Waals surface area contributed by atoms with Crippen molar-refractivity contribution in [3.05, 3.63) is 184 Å². The molecule has 9 rings (SSSR count). The van der Waals surface area contributed by atoms with E-state index in [1.54, 1.807) is 0 Å². The summed E-state index contributed by atoms with van der Waals surface area (Å²) in [5.74, 6) is 0. The first-order chi connectivity index (χ1) is 23.4. The lowest BCUT2D eigenvalue weighted by Crippen LogP contribution is -2.16. The summed E-state index contributed by atoms with van der Waals surface area (Å²) < 4.78 is 1.12. The molecule has 0 amide bonds. The third-order valence-electron chi connectivity index (χ3n) is 10.4. The van der Waals surface area contributed by atoms with E-state index in [1.165, 1.54) is 66.8 Å². The van der Waals surface area contributed by atoms with Crippen LogP contribution < -0.4 is 4.90 Å². The molecule has 48 heavy (non-hydrogen) atoms. The van der Waals surface area contributed by atoms with Crippen LogP contribution in [0.15, 0.2) is 162 Å². The summed E-state index contributed by atoms with van der Waals surface area (Å²) >= 11 is 3.68. The molecule has 0 radical (unpaired) electrons. The molecule has 0 bridgehead atoms. The summed E-state index contributed by atoms with van der Waals surface area (Å²) in [6.45, 7) is 4.70. The summed E-state index contributed by atoms with van der Waals surface area (Å²) in [6, 6.07) is 58.1. The maximum atomic E-state index is 3.68. The van der Waals surface area contributed by atoms with Gasteiger partial charge in [-0.05, 0) is 128 Å². The van der Waals surface area contributed by atoms with Crippen molar-refractivity contribution < 1.29 is 0 Å². The monoisotopic (exact) mass is 679 g/mol. The SMILES string of the molecule is CC1(C)c2ccccc2-c2ccc(N(c3ccc(-c4ccccc4)cc3)c3ccc(-c4ccc5c(c4)-c4cc(Br)ccc4C5)cc3)cc21. The van der Waals surface area contributed by atoms with Gasteiger partial charge >= 0.3 is 0 Å². The number of halogens is 1. The van der Waals surface area contributed by atoms with E-state index in [0.29, 0.717) is 0 Å². The van der Waals surface area contributed by atoms with Gasteiger partial charge in [0.25, 0.3) is 0 Å². The van der Waals surface area contributed by atoms with Gasteiger partial charge in [0.15, 0.2) is 0 Å². The molecule has 0 atom stereocenters. The van der Waals surface area contributed by atoms with Crippen molar-refractivity contribution in [1.29, 1.82) is 0 Å². The van der Waals surface area contributed by atoms with Gasteiger partial charge in [-0.1, -0.05) is 133 Å². The Kier molecular flexibility index (Phi) is 6.78. The molecule has 0 unspecified atom stereocenters. The van der Waals surface area contributed by atoms with Crippen LogP contribution in [0.25, 0.3) is 44.5 Å². The fourth-order valence-electron chi connectivity index (χ4n) is 7.83. The van der Waals surface area contributed by atoms with Gasteiger partial charge in [0.2, 0.25) is 0 Å². The minimum Gasteiger partial charge on any atom is -0.310 e. The van der Waals surface area contributed by atoms with E-state index in [9.17, 15) is 0 Å². The highest BCUT2D eigenvalue weighted by molar-refractivity contribution is 9.10. The molecule has 0 spiro atoms. The van der Waals surface area contributed by atoms with Crippen molar-refractivity contribution >= 4 is 33.0 Å². The molecular formula is C46H34BrN. The predicted molar refractivity (Wildman–Crippen MR) is 206 cm³/mol. The topological polar surface area (TPSA) is 3.24 Å². The Balaban J connectivity index is 1.12. The van der Waals surface area contributed by atoms with Crippen LogP contribution in [-0.2, 0) is 11.8 Å². The first kappa shape index (κ1) is 29.0. The molecule has 2 heteroatoms. The van der Waals surface area contributed by atoms with Crippen LogP contribution in [0, 0.1) is 0 Å². The van der Waals surface area contributed by atoms with E-state index in [0.717, 1.165) is 28.0 Å². The van der Waals surface area contributed by atoms with Crippen LogP contribution in [0.5, 0.6) is 0 Å². The molecule has 7 aromatic carbocycles. The predicted octanol–water partition coefficient (Wildman–Crippen LogP) is 13.1. The van der Waals surface area contributed by atoms with Gasteiger partial charge in [-0.2, -0.15) is 0 Å². The summed E-state index contributed by atoms with van der Waals surface area (Å²) in [5.41, 5.74) is 19.2. The highest BCUT2D eigenvalue weighted by atomic mass is 79.9. The average molecular weight is 681 g/mol. The lowest BCUT2D eigenvalue weighted by atomic mass is 9.82.